The normalized spacial score (nSPS) is 12.1. The first-order chi connectivity index (χ1) is 11.5. The molecule has 0 bridgehead atoms. The van der Waals surface area contributed by atoms with Crippen LogP contribution in [0.3, 0.4) is 0 Å². The third-order valence-corrected chi connectivity index (χ3v) is 4.71. The summed E-state index contributed by atoms with van der Waals surface area (Å²) in [4.78, 5) is 25.2. The standard InChI is InChI=1S/C16H15ClN4O2S/c1-20-10-18-21(16(20)23)9-14(22)19-15(13-3-2-8-24-13)11-4-6-12(17)7-5-11/h2-8,10,15H,9H2,1H3,(H,19,22). The number of nitrogens with zero attached hydrogens (tertiary/aromatic N) is 3. The molecule has 0 aliphatic rings. The number of carbonyl (C=O) groups excluding carboxylic acids is 1. The minimum atomic E-state index is -0.329. The second kappa shape index (κ2) is 7.02. The Kier molecular flexibility index (Phi) is 4.82. The van der Waals surface area contributed by atoms with Crippen molar-refractivity contribution in [3.63, 3.8) is 0 Å². The van der Waals surface area contributed by atoms with Crippen LogP contribution in [0.1, 0.15) is 16.5 Å². The van der Waals surface area contributed by atoms with Crippen LogP contribution in [0, 0.1) is 0 Å². The molecule has 24 heavy (non-hydrogen) atoms. The lowest BCUT2D eigenvalue weighted by Crippen LogP contribution is -2.35. The zero-order chi connectivity index (χ0) is 17.1. The van der Waals surface area contributed by atoms with E-state index >= 15 is 0 Å². The number of nitrogens with one attached hydrogen (secondary N) is 1. The molecule has 1 unspecified atom stereocenters. The Morgan fingerprint density at radius 2 is 2.08 bits per heavy atom. The molecule has 6 nitrogen and oxygen atoms in total. The van der Waals surface area contributed by atoms with Crippen molar-refractivity contribution >= 4 is 28.8 Å². The van der Waals surface area contributed by atoms with E-state index in [4.69, 9.17) is 11.6 Å². The van der Waals surface area contributed by atoms with E-state index in [0.29, 0.717) is 5.02 Å². The number of rotatable bonds is 5. The molecule has 3 rings (SSSR count). The van der Waals surface area contributed by atoms with Gasteiger partial charge in [-0.3, -0.25) is 9.36 Å². The first kappa shape index (κ1) is 16.5. The van der Waals surface area contributed by atoms with E-state index in [-0.39, 0.29) is 24.2 Å². The Labute approximate surface area is 147 Å². The molecule has 0 radical (unpaired) electrons. The summed E-state index contributed by atoms with van der Waals surface area (Å²) in [6.45, 7) is -0.130. The topological polar surface area (TPSA) is 68.9 Å². The predicted octanol–water partition coefficient (Wildman–Crippen LogP) is 2.20. The van der Waals surface area contributed by atoms with E-state index in [1.54, 1.807) is 30.5 Å². The summed E-state index contributed by atoms with van der Waals surface area (Å²) < 4.78 is 2.45. The molecule has 2 aromatic heterocycles. The van der Waals surface area contributed by atoms with Gasteiger partial charge in [0.15, 0.2) is 0 Å². The third-order valence-electron chi connectivity index (χ3n) is 3.52. The monoisotopic (exact) mass is 362 g/mol. The second-order valence-corrected chi connectivity index (χ2v) is 6.67. The van der Waals surface area contributed by atoms with Crippen molar-refractivity contribution in [1.82, 2.24) is 19.7 Å². The molecule has 1 N–H and O–H groups in total. The van der Waals surface area contributed by atoms with Crippen molar-refractivity contribution in [2.45, 2.75) is 12.6 Å². The van der Waals surface area contributed by atoms with Gasteiger partial charge in [0.1, 0.15) is 12.9 Å². The third kappa shape index (κ3) is 3.58. The van der Waals surface area contributed by atoms with E-state index in [1.165, 1.54) is 10.9 Å². The van der Waals surface area contributed by atoms with Gasteiger partial charge < -0.3 is 5.32 Å². The van der Waals surface area contributed by atoms with Crippen molar-refractivity contribution in [3.8, 4) is 0 Å². The fourth-order valence-corrected chi connectivity index (χ4v) is 3.23. The van der Waals surface area contributed by atoms with Crippen LogP contribution in [0.4, 0.5) is 0 Å². The number of carbonyl (C=O) groups is 1. The van der Waals surface area contributed by atoms with Crippen molar-refractivity contribution in [2.75, 3.05) is 0 Å². The molecule has 1 atom stereocenters. The van der Waals surface area contributed by atoms with E-state index in [0.717, 1.165) is 15.1 Å². The van der Waals surface area contributed by atoms with Gasteiger partial charge in [-0.25, -0.2) is 9.48 Å². The van der Waals surface area contributed by atoms with Gasteiger partial charge in [0.05, 0.1) is 6.04 Å². The van der Waals surface area contributed by atoms with Gasteiger partial charge in [-0.2, -0.15) is 5.10 Å². The lowest BCUT2D eigenvalue weighted by atomic mass is 10.1. The summed E-state index contributed by atoms with van der Waals surface area (Å²) in [6.07, 6.45) is 1.38. The molecular weight excluding hydrogens is 348 g/mol. The highest BCUT2D eigenvalue weighted by molar-refractivity contribution is 7.10. The largest absolute Gasteiger partial charge is 0.345 e. The first-order valence-electron chi connectivity index (χ1n) is 7.21. The molecule has 124 valence electrons. The number of benzene rings is 1. The highest BCUT2D eigenvalue weighted by Crippen LogP contribution is 2.27. The fourth-order valence-electron chi connectivity index (χ4n) is 2.30. The molecule has 0 aliphatic carbocycles. The summed E-state index contributed by atoms with van der Waals surface area (Å²) in [5.41, 5.74) is 0.591. The van der Waals surface area contributed by atoms with Crippen LogP contribution in [0.25, 0.3) is 0 Å². The van der Waals surface area contributed by atoms with Gasteiger partial charge in [0, 0.05) is 16.9 Å². The molecule has 0 aliphatic heterocycles. The molecule has 2 heterocycles. The highest BCUT2D eigenvalue weighted by atomic mass is 35.5. The van der Waals surface area contributed by atoms with Crippen molar-refractivity contribution in [1.29, 1.82) is 0 Å². The molecule has 0 fully saturated rings. The maximum Gasteiger partial charge on any atom is 0.345 e. The van der Waals surface area contributed by atoms with Crippen molar-refractivity contribution in [2.24, 2.45) is 7.05 Å². The SMILES string of the molecule is Cn1cnn(CC(=O)NC(c2ccc(Cl)cc2)c2cccs2)c1=O. The molecule has 1 amide bonds. The predicted molar refractivity (Wildman–Crippen MR) is 93.2 cm³/mol. The smallest absolute Gasteiger partial charge is 0.343 e. The Morgan fingerprint density at radius 1 is 1.33 bits per heavy atom. The second-order valence-electron chi connectivity index (χ2n) is 5.25. The minimum Gasteiger partial charge on any atom is -0.343 e. The van der Waals surface area contributed by atoms with E-state index in [2.05, 4.69) is 10.4 Å². The minimum absolute atomic E-state index is 0.130. The van der Waals surface area contributed by atoms with Crippen LogP contribution in [-0.4, -0.2) is 20.3 Å². The van der Waals surface area contributed by atoms with Crippen LogP contribution in [0.15, 0.2) is 52.9 Å². The molecule has 3 aromatic rings. The van der Waals surface area contributed by atoms with Crippen LogP contribution < -0.4 is 11.0 Å². The number of thiophene rings is 1. The molecule has 0 saturated carbocycles. The summed E-state index contributed by atoms with van der Waals surface area (Å²) in [7, 11) is 1.59. The molecule has 1 aromatic carbocycles. The van der Waals surface area contributed by atoms with E-state index in [1.807, 2.05) is 29.6 Å². The van der Waals surface area contributed by atoms with Gasteiger partial charge in [0.25, 0.3) is 0 Å². The van der Waals surface area contributed by atoms with Crippen molar-refractivity contribution in [3.05, 3.63) is 74.1 Å². The van der Waals surface area contributed by atoms with Gasteiger partial charge in [-0.15, -0.1) is 11.3 Å². The summed E-state index contributed by atoms with van der Waals surface area (Å²) in [6, 6.07) is 10.9. The van der Waals surface area contributed by atoms with Gasteiger partial charge >= 0.3 is 5.69 Å². The summed E-state index contributed by atoms with van der Waals surface area (Å²) >= 11 is 7.49. The Balaban J connectivity index is 1.81. The Hall–Kier alpha value is -2.38. The molecule has 0 spiro atoms. The summed E-state index contributed by atoms with van der Waals surface area (Å²) in [5, 5.41) is 9.45. The quantitative estimate of drug-likeness (QED) is 0.756. The average Bonchev–Trinajstić information content (AvgIpc) is 3.20. The van der Waals surface area contributed by atoms with Crippen LogP contribution in [-0.2, 0) is 18.4 Å². The lowest BCUT2D eigenvalue weighted by molar-refractivity contribution is -0.122. The van der Waals surface area contributed by atoms with Gasteiger partial charge in [0.2, 0.25) is 5.91 Å². The summed E-state index contributed by atoms with van der Waals surface area (Å²) in [5.74, 6) is -0.288. The number of aromatic nitrogens is 3. The number of amides is 1. The van der Waals surface area contributed by atoms with E-state index in [9.17, 15) is 9.59 Å². The maximum atomic E-state index is 12.4. The maximum absolute atomic E-state index is 12.4. The Bertz CT molecular complexity index is 884. The van der Waals surface area contributed by atoms with E-state index < -0.39 is 0 Å². The lowest BCUT2D eigenvalue weighted by Gasteiger charge is -2.18. The Morgan fingerprint density at radius 3 is 2.67 bits per heavy atom. The average molecular weight is 363 g/mol. The van der Waals surface area contributed by atoms with Crippen LogP contribution in [0.5, 0.6) is 0 Å². The van der Waals surface area contributed by atoms with Gasteiger partial charge in [-0.05, 0) is 29.1 Å². The first-order valence-corrected chi connectivity index (χ1v) is 8.47. The number of aryl methyl sites for hydroxylation is 1. The fraction of sp³-hybridized carbons (Fsp3) is 0.188. The number of hydrogen-bond donors (Lipinski definition) is 1. The zero-order valence-corrected chi connectivity index (χ0v) is 14.4. The highest BCUT2D eigenvalue weighted by Gasteiger charge is 2.19. The molecule has 0 saturated heterocycles. The van der Waals surface area contributed by atoms with Crippen LogP contribution >= 0.6 is 22.9 Å². The van der Waals surface area contributed by atoms with Crippen molar-refractivity contribution < 1.29 is 4.79 Å². The van der Waals surface area contributed by atoms with Crippen LogP contribution in [0.2, 0.25) is 5.02 Å². The molecular formula is C16H15ClN4O2S. The zero-order valence-electron chi connectivity index (χ0n) is 12.8. The molecule has 8 heteroatoms. The van der Waals surface area contributed by atoms with Gasteiger partial charge in [-0.1, -0.05) is 29.8 Å². The number of hydrogen-bond acceptors (Lipinski definition) is 4. The number of halogens is 1.